The minimum atomic E-state index is -3.19. The maximum absolute atomic E-state index is 12.0. The zero-order valence-corrected chi connectivity index (χ0v) is 21.1. The SMILES string of the molecule is Cc1ccc(-n2nc(C3CCCN(S(C)(=O)=O)C3)cc2-n2cccn2)cc1.NC(=O)N1C=NC=CC1. The Balaban J connectivity index is 0.000000286. The van der Waals surface area contributed by atoms with E-state index < -0.39 is 16.1 Å². The van der Waals surface area contributed by atoms with Crippen molar-refractivity contribution < 1.29 is 13.2 Å². The van der Waals surface area contributed by atoms with E-state index in [-0.39, 0.29) is 5.92 Å². The second kappa shape index (κ2) is 10.9. The van der Waals surface area contributed by atoms with Crippen LogP contribution < -0.4 is 5.73 Å². The van der Waals surface area contributed by atoms with Gasteiger partial charge in [-0.1, -0.05) is 17.7 Å². The number of hydrogen-bond donors (Lipinski definition) is 1. The van der Waals surface area contributed by atoms with Crippen LogP contribution >= 0.6 is 0 Å². The largest absolute Gasteiger partial charge is 0.351 e. The topological polar surface area (TPSA) is 132 Å². The zero-order valence-electron chi connectivity index (χ0n) is 20.3. The maximum atomic E-state index is 12.0. The van der Waals surface area contributed by atoms with Gasteiger partial charge in [-0.3, -0.25) is 4.90 Å². The summed E-state index contributed by atoms with van der Waals surface area (Å²) in [7, 11) is -3.19. The zero-order chi connectivity index (χ0) is 25.7. The molecule has 2 aromatic heterocycles. The highest BCUT2D eigenvalue weighted by Crippen LogP contribution is 2.29. The first-order valence-corrected chi connectivity index (χ1v) is 13.4. The van der Waals surface area contributed by atoms with Crippen molar-refractivity contribution in [1.82, 2.24) is 28.8 Å². The van der Waals surface area contributed by atoms with Crippen molar-refractivity contribution in [1.29, 1.82) is 0 Å². The summed E-state index contributed by atoms with van der Waals surface area (Å²) < 4.78 is 29.1. The lowest BCUT2D eigenvalue weighted by Gasteiger charge is -2.29. The number of aliphatic imine (C=N–C) groups is 1. The Morgan fingerprint density at radius 2 is 1.97 bits per heavy atom. The first-order valence-electron chi connectivity index (χ1n) is 11.6. The second-order valence-electron chi connectivity index (χ2n) is 8.73. The van der Waals surface area contributed by atoms with Gasteiger partial charge in [-0.15, -0.1) is 0 Å². The van der Waals surface area contributed by atoms with Gasteiger partial charge >= 0.3 is 6.03 Å². The summed E-state index contributed by atoms with van der Waals surface area (Å²) in [6, 6.07) is 11.6. The molecule has 0 saturated carbocycles. The molecule has 0 bridgehead atoms. The molecule has 0 spiro atoms. The number of carbonyl (C=O) groups is 1. The number of amides is 2. The average Bonchev–Trinajstić information content (AvgIpc) is 3.55. The fraction of sp³-hybridized carbons (Fsp3) is 0.333. The number of rotatable bonds is 4. The lowest BCUT2D eigenvalue weighted by Crippen LogP contribution is -2.38. The average molecular weight is 511 g/mol. The quantitative estimate of drug-likeness (QED) is 0.576. The summed E-state index contributed by atoms with van der Waals surface area (Å²) in [5, 5.41) is 9.19. The van der Waals surface area contributed by atoms with Crippen LogP contribution in [0.2, 0.25) is 0 Å². The molecule has 2 N–H and O–H groups in total. The number of nitrogens with zero attached hydrogens (tertiary/aromatic N) is 7. The fourth-order valence-corrected chi connectivity index (χ4v) is 4.96. The maximum Gasteiger partial charge on any atom is 0.320 e. The van der Waals surface area contributed by atoms with E-state index in [1.807, 2.05) is 35.1 Å². The number of sulfonamides is 1. The molecule has 0 radical (unpaired) electrons. The van der Waals surface area contributed by atoms with Gasteiger partial charge in [-0.2, -0.15) is 10.2 Å². The van der Waals surface area contributed by atoms with Crippen molar-refractivity contribution in [3.05, 3.63) is 72.3 Å². The molecular formula is C24H30N8O3S. The van der Waals surface area contributed by atoms with Gasteiger partial charge in [0.05, 0.1) is 24.0 Å². The van der Waals surface area contributed by atoms with Gasteiger partial charge in [0, 0.05) is 50.2 Å². The lowest BCUT2D eigenvalue weighted by atomic mass is 9.96. The van der Waals surface area contributed by atoms with Crippen molar-refractivity contribution in [2.45, 2.75) is 25.7 Å². The van der Waals surface area contributed by atoms with Crippen LogP contribution in [0.3, 0.4) is 0 Å². The Morgan fingerprint density at radius 3 is 2.56 bits per heavy atom. The van der Waals surface area contributed by atoms with E-state index in [0.29, 0.717) is 19.6 Å². The summed E-state index contributed by atoms with van der Waals surface area (Å²) in [4.78, 5) is 15.4. The van der Waals surface area contributed by atoms with Crippen LogP contribution in [0.15, 0.2) is 66.1 Å². The molecule has 3 aromatic rings. The highest BCUT2D eigenvalue weighted by Gasteiger charge is 2.29. The molecule has 190 valence electrons. The third kappa shape index (κ3) is 6.07. The molecule has 4 heterocycles. The highest BCUT2D eigenvalue weighted by molar-refractivity contribution is 7.88. The van der Waals surface area contributed by atoms with Gasteiger partial charge in [0.1, 0.15) is 0 Å². The third-order valence-corrected chi connectivity index (χ3v) is 7.25. The van der Waals surface area contributed by atoms with Gasteiger partial charge in [-0.25, -0.2) is 31.9 Å². The van der Waals surface area contributed by atoms with Crippen molar-refractivity contribution in [3.8, 4) is 11.5 Å². The molecule has 2 aliphatic rings. The molecule has 2 amide bonds. The molecule has 11 nitrogen and oxygen atoms in total. The molecule has 1 atom stereocenters. The number of nitrogens with two attached hydrogens (primary N) is 1. The smallest absolute Gasteiger partial charge is 0.320 e. The first kappa shape index (κ1) is 25.3. The number of primary amides is 1. The van der Waals surface area contributed by atoms with Crippen LogP contribution in [0.4, 0.5) is 4.79 Å². The number of piperidine rings is 1. The highest BCUT2D eigenvalue weighted by atomic mass is 32.2. The van der Waals surface area contributed by atoms with Crippen LogP contribution in [0.25, 0.3) is 11.5 Å². The standard InChI is InChI=1S/C19H23N5O2S.C5H7N3O/c1-15-6-8-17(9-7-15)24-19(23-12-4-10-20-23)13-18(21-24)16-5-3-11-22(14-16)27(2,25)26;6-5(9)8-3-1-2-7-4-8/h4,6-10,12-13,16H,3,5,11,14H2,1-2H3;1-2,4H,3H2,(H2,6,9). The molecule has 1 saturated heterocycles. The predicted molar refractivity (Wildman–Crippen MR) is 138 cm³/mol. The van der Waals surface area contributed by atoms with E-state index in [1.165, 1.54) is 23.1 Å². The molecule has 1 aromatic carbocycles. The summed E-state index contributed by atoms with van der Waals surface area (Å²) in [5.74, 6) is 0.921. The van der Waals surface area contributed by atoms with Crippen LogP contribution in [0.5, 0.6) is 0 Å². The van der Waals surface area contributed by atoms with Crippen LogP contribution in [0.1, 0.15) is 30.0 Å². The molecule has 5 rings (SSSR count). The normalized spacial score (nSPS) is 18.1. The number of urea groups is 1. The second-order valence-corrected chi connectivity index (χ2v) is 10.7. The van der Waals surface area contributed by atoms with Gasteiger partial charge in [0.2, 0.25) is 10.0 Å². The first-order chi connectivity index (χ1) is 17.2. The lowest BCUT2D eigenvalue weighted by molar-refractivity contribution is 0.233. The molecule has 0 aliphatic carbocycles. The summed E-state index contributed by atoms with van der Waals surface area (Å²) in [6.07, 6.45) is 11.4. The Labute approximate surface area is 210 Å². The minimum Gasteiger partial charge on any atom is -0.351 e. The van der Waals surface area contributed by atoms with Crippen LogP contribution in [-0.4, -0.2) is 75.4 Å². The van der Waals surface area contributed by atoms with E-state index in [2.05, 4.69) is 29.1 Å². The summed E-state index contributed by atoms with van der Waals surface area (Å²) >= 11 is 0. The van der Waals surface area contributed by atoms with Gasteiger partial charge < -0.3 is 5.73 Å². The molecule has 2 aliphatic heterocycles. The molecule has 1 unspecified atom stereocenters. The van der Waals surface area contributed by atoms with Gasteiger partial charge in [0.15, 0.2) is 5.82 Å². The predicted octanol–water partition coefficient (Wildman–Crippen LogP) is 2.43. The summed E-state index contributed by atoms with van der Waals surface area (Å²) in [5.41, 5.74) is 7.96. The fourth-order valence-electron chi connectivity index (χ4n) is 4.05. The molecular weight excluding hydrogens is 480 g/mol. The van der Waals surface area contributed by atoms with Crippen molar-refractivity contribution in [2.24, 2.45) is 10.7 Å². The Morgan fingerprint density at radius 1 is 1.19 bits per heavy atom. The molecule has 12 heteroatoms. The number of hydrogen-bond acceptors (Lipinski definition) is 6. The third-order valence-electron chi connectivity index (χ3n) is 5.98. The minimum absolute atomic E-state index is 0.0782. The van der Waals surface area contributed by atoms with Crippen molar-refractivity contribution in [2.75, 3.05) is 25.9 Å². The van der Waals surface area contributed by atoms with Gasteiger partial charge in [0.25, 0.3) is 0 Å². The monoisotopic (exact) mass is 510 g/mol. The van der Waals surface area contributed by atoms with E-state index >= 15 is 0 Å². The van der Waals surface area contributed by atoms with Crippen molar-refractivity contribution in [3.63, 3.8) is 0 Å². The van der Waals surface area contributed by atoms with E-state index in [1.54, 1.807) is 27.5 Å². The number of aromatic nitrogens is 4. The van der Waals surface area contributed by atoms with E-state index in [4.69, 9.17) is 10.8 Å². The Hall–Kier alpha value is -3.77. The number of aryl methyl sites for hydroxylation is 1. The van der Waals surface area contributed by atoms with Crippen LogP contribution in [0, 0.1) is 6.92 Å². The van der Waals surface area contributed by atoms with E-state index in [0.717, 1.165) is 30.0 Å². The molecule has 1 fully saturated rings. The Kier molecular flexibility index (Phi) is 7.65. The van der Waals surface area contributed by atoms with Gasteiger partial charge in [-0.05, 0) is 44.0 Å². The van der Waals surface area contributed by atoms with Crippen molar-refractivity contribution >= 4 is 22.4 Å². The number of benzene rings is 1. The number of carbonyl (C=O) groups excluding carboxylic acids is 1. The molecule has 36 heavy (non-hydrogen) atoms. The summed E-state index contributed by atoms with van der Waals surface area (Å²) in [6.45, 7) is 3.63. The Bertz CT molecular complexity index is 1340. The van der Waals surface area contributed by atoms with E-state index in [9.17, 15) is 13.2 Å². The van der Waals surface area contributed by atoms with Crippen LogP contribution in [-0.2, 0) is 10.0 Å².